The van der Waals surface area contributed by atoms with Crippen molar-refractivity contribution in [2.24, 2.45) is 11.1 Å². The molecule has 0 aliphatic rings. The van der Waals surface area contributed by atoms with Crippen LogP contribution in [0.1, 0.15) is 29.5 Å². The van der Waals surface area contributed by atoms with Crippen molar-refractivity contribution in [2.75, 3.05) is 18.5 Å². The van der Waals surface area contributed by atoms with Crippen molar-refractivity contribution in [3.63, 3.8) is 0 Å². The number of hydrogen-bond acceptors (Lipinski definition) is 11. The van der Waals surface area contributed by atoms with Crippen LogP contribution in [0.5, 0.6) is 0 Å². The Labute approximate surface area is 202 Å². The molecule has 0 fully saturated rings. The second-order valence-electron chi connectivity index (χ2n) is 7.44. The maximum absolute atomic E-state index is 13.0. The quantitative estimate of drug-likeness (QED) is 0.288. The number of carbonyl (C=O) groups excluding carboxylic acids is 1. The molecule has 0 amide bonds. The van der Waals surface area contributed by atoms with Crippen LogP contribution in [0.2, 0.25) is 0 Å². The van der Waals surface area contributed by atoms with Crippen molar-refractivity contribution < 1.29 is 35.3 Å². The van der Waals surface area contributed by atoms with Gasteiger partial charge in [0.25, 0.3) is 0 Å². The summed E-state index contributed by atoms with van der Waals surface area (Å²) in [5, 5.41) is 17.7. The van der Waals surface area contributed by atoms with E-state index in [1.807, 2.05) is 0 Å². The SMILES string of the molecule is CC[C@H](COS(N)(=O)=O)[C@@H](O)CNc1ncncc1C(=O)c1ccc(S(=O)(=O)c2ccccc2)o1. The Kier molecular flexibility index (Phi) is 8.34. The van der Waals surface area contributed by atoms with Crippen LogP contribution in [-0.2, 0) is 24.3 Å². The predicted octanol–water partition coefficient (Wildman–Crippen LogP) is 1.15. The summed E-state index contributed by atoms with van der Waals surface area (Å²) in [4.78, 5) is 20.9. The van der Waals surface area contributed by atoms with E-state index >= 15 is 0 Å². The third-order valence-electron chi connectivity index (χ3n) is 5.07. The van der Waals surface area contributed by atoms with E-state index < -0.39 is 43.0 Å². The molecule has 0 unspecified atom stereocenters. The number of benzene rings is 1. The molecule has 14 heteroatoms. The summed E-state index contributed by atoms with van der Waals surface area (Å²) in [7, 11) is -8.11. The molecule has 2 aromatic heterocycles. The highest BCUT2D eigenvalue weighted by atomic mass is 32.2. The lowest BCUT2D eigenvalue weighted by atomic mass is 10.0. The van der Waals surface area contributed by atoms with Gasteiger partial charge in [-0.3, -0.25) is 8.98 Å². The molecule has 0 bridgehead atoms. The van der Waals surface area contributed by atoms with Gasteiger partial charge in [0.2, 0.25) is 20.7 Å². The molecule has 4 N–H and O–H groups in total. The lowest BCUT2D eigenvalue weighted by Gasteiger charge is -2.21. The van der Waals surface area contributed by atoms with E-state index in [0.29, 0.717) is 6.42 Å². The number of hydrogen-bond donors (Lipinski definition) is 3. The number of aliphatic hydroxyl groups excluding tert-OH is 1. The van der Waals surface area contributed by atoms with Crippen LogP contribution in [0, 0.1) is 5.92 Å². The Morgan fingerprint density at radius 1 is 1.17 bits per heavy atom. The number of nitrogens with two attached hydrogens (primary N) is 1. The molecule has 188 valence electrons. The number of sulfone groups is 1. The van der Waals surface area contributed by atoms with E-state index in [9.17, 15) is 26.7 Å². The van der Waals surface area contributed by atoms with Crippen molar-refractivity contribution in [3.05, 3.63) is 66.3 Å². The Morgan fingerprint density at radius 2 is 1.89 bits per heavy atom. The molecule has 3 rings (SSSR count). The van der Waals surface area contributed by atoms with E-state index in [0.717, 1.165) is 0 Å². The zero-order chi connectivity index (χ0) is 25.6. The van der Waals surface area contributed by atoms with Crippen molar-refractivity contribution in [2.45, 2.75) is 29.4 Å². The van der Waals surface area contributed by atoms with Crippen molar-refractivity contribution in [1.82, 2.24) is 9.97 Å². The fourth-order valence-corrected chi connectivity index (χ4v) is 4.68. The average molecular weight is 525 g/mol. The summed E-state index contributed by atoms with van der Waals surface area (Å²) in [5.41, 5.74) is -0.0217. The van der Waals surface area contributed by atoms with Gasteiger partial charge in [-0.05, 0) is 30.7 Å². The topological polar surface area (TPSA) is 192 Å². The smallest absolute Gasteiger partial charge is 0.333 e. The Bertz CT molecular complexity index is 1380. The first-order chi connectivity index (χ1) is 16.5. The zero-order valence-electron chi connectivity index (χ0n) is 18.6. The van der Waals surface area contributed by atoms with Crippen LogP contribution in [0.25, 0.3) is 0 Å². The largest absolute Gasteiger partial charge is 0.441 e. The van der Waals surface area contributed by atoms with E-state index in [1.54, 1.807) is 25.1 Å². The maximum Gasteiger partial charge on any atom is 0.333 e. The average Bonchev–Trinajstić information content (AvgIpc) is 3.34. The molecular weight excluding hydrogens is 500 g/mol. The summed E-state index contributed by atoms with van der Waals surface area (Å²) in [5.74, 6) is -1.43. The molecule has 0 spiro atoms. The number of aliphatic hydroxyl groups is 1. The monoisotopic (exact) mass is 524 g/mol. The number of ketones is 1. The van der Waals surface area contributed by atoms with Gasteiger partial charge >= 0.3 is 10.3 Å². The van der Waals surface area contributed by atoms with E-state index in [2.05, 4.69) is 19.5 Å². The van der Waals surface area contributed by atoms with Gasteiger partial charge in [0.05, 0.1) is 23.2 Å². The molecule has 0 aliphatic carbocycles. The Hall–Kier alpha value is -3.17. The first-order valence-electron chi connectivity index (χ1n) is 10.4. The Morgan fingerprint density at radius 3 is 2.54 bits per heavy atom. The highest BCUT2D eigenvalue weighted by Crippen LogP contribution is 2.25. The summed E-state index contributed by atoms with van der Waals surface area (Å²) < 4.78 is 57.4. The highest BCUT2D eigenvalue weighted by molar-refractivity contribution is 7.91. The number of nitrogens with zero attached hydrogens (tertiary/aromatic N) is 2. The number of carbonyl (C=O) groups is 1. The lowest BCUT2D eigenvalue weighted by Crippen LogP contribution is -2.33. The van der Waals surface area contributed by atoms with Crippen LogP contribution in [0.3, 0.4) is 0 Å². The second-order valence-corrected chi connectivity index (χ2v) is 10.5. The van der Waals surface area contributed by atoms with Crippen LogP contribution < -0.4 is 10.5 Å². The third-order valence-corrected chi connectivity index (χ3v) is 7.18. The number of rotatable bonds is 12. The maximum atomic E-state index is 13.0. The van der Waals surface area contributed by atoms with Gasteiger partial charge in [0, 0.05) is 18.7 Å². The van der Waals surface area contributed by atoms with E-state index in [1.165, 1.54) is 36.8 Å². The summed E-state index contributed by atoms with van der Waals surface area (Å²) in [6.07, 6.45) is 1.73. The molecule has 3 aromatic rings. The van der Waals surface area contributed by atoms with Gasteiger partial charge in [0.1, 0.15) is 12.1 Å². The van der Waals surface area contributed by atoms with Gasteiger partial charge in [0.15, 0.2) is 5.76 Å². The minimum Gasteiger partial charge on any atom is -0.441 e. The second kappa shape index (κ2) is 11.0. The molecule has 1 aromatic carbocycles. The normalized spacial score (nSPS) is 13.8. The zero-order valence-corrected chi connectivity index (χ0v) is 20.2. The molecule has 12 nitrogen and oxygen atoms in total. The van der Waals surface area contributed by atoms with E-state index in [4.69, 9.17) is 9.56 Å². The van der Waals surface area contributed by atoms with Crippen LogP contribution >= 0.6 is 0 Å². The van der Waals surface area contributed by atoms with Crippen LogP contribution in [-0.4, -0.2) is 56.9 Å². The first kappa shape index (κ1) is 26.4. The molecule has 35 heavy (non-hydrogen) atoms. The standard InChI is InChI=1S/C21H24N4O8S2/c1-2-14(12-32-35(22,30)31)17(26)11-24-21-16(10-23-13-25-21)20(27)18-8-9-19(33-18)34(28,29)15-6-4-3-5-7-15/h3-10,13-14,17,26H,2,11-12H2,1H3,(H2,22,30,31)(H,23,24,25)/t14-,17+/m1/s1. The number of furan rings is 1. The summed E-state index contributed by atoms with van der Waals surface area (Å²) in [6, 6.07) is 10.1. The molecule has 0 aliphatic heterocycles. The highest BCUT2D eigenvalue weighted by Gasteiger charge is 2.26. The van der Waals surface area contributed by atoms with Gasteiger partial charge in [-0.2, -0.15) is 8.42 Å². The van der Waals surface area contributed by atoms with Gasteiger partial charge in [-0.1, -0.05) is 25.1 Å². The van der Waals surface area contributed by atoms with Crippen LogP contribution in [0.4, 0.5) is 5.82 Å². The molecule has 2 atom stereocenters. The van der Waals surface area contributed by atoms with Crippen molar-refractivity contribution in [1.29, 1.82) is 0 Å². The summed E-state index contributed by atoms with van der Waals surface area (Å²) in [6.45, 7) is 1.31. The number of nitrogens with one attached hydrogen (secondary N) is 1. The molecule has 0 saturated heterocycles. The summed E-state index contributed by atoms with van der Waals surface area (Å²) >= 11 is 0. The Balaban J connectivity index is 1.75. The predicted molar refractivity (Wildman–Crippen MR) is 123 cm³/mol. The fraction of sp³-hybridized carbons (Fsp3) is 0.286. The molecule has 0 radical (unpaired) electrons. The van der Waals surface area contributed by atoms with Gasteiger partial charge in [-0.25, -0.2) is 23.5 Å². The minimum atomic E-state index is -4.15. The third kappa shape index (κ3) is 6.70. The first-order valence-corrected chi connectivity index (χ1v) is 13.3. The fourth-order valence-electron chi connectivity index (χ4n) is 3.12. The van der Waals surface area contributed by atoms with Crippen molar-refractivity contribution in [3.8, 4) is 0 Å². The molecular formula is C21H24N4O8S2. The minimum absolute atomic E-state index is 0.0182. The molecule has 2 heterocycles. The van der Waals surface area contributed by atoms with Crippen LogP contribution in [0.15, 0.2) is 69.4 Å². The van der Waals surface area contributed by atoms with Crippen molar-refractivity contribution >= 4 is 31.7 Å². The molecule has 0 saturated carbocycles. The van der Waals surface area contributed by atoms with Gasteiger partial charge < -0.3 is 14.8 Å². The number of aromatic nitrogens is 2. The van der Waals surface area contributed by atoms with Gasteiger partial charge in [-0.15, -0.1) is 0 Å². The van der Waals surface area contributed by atoms with E-state index in [-0.39, 0.29) is 35.2 Å². The lowest BCUT2D eigenvalue weighted by molar-refractivity contribution is 0.0838. The number of anilines is 1.